The zero-order valence-corrected chi connectivity index (χ0v) is 18.5. The molecule has 2 aromatic carbocycles. The van der Waals surface area contributed by atoms with Crippen LogP contribution in [0.4, 0.5) is 5.69 Å². The molecule has 2 heterocycles. The highest BCUT2D eigenvalue weighted by atomic mass is 16.5. The van der Waals surface area contributed by atoms with Crippen LogP contribution in [-0.4, -0.2) is 44.0 Å². The number of ether oxygens (including phenoxy) is 2. The fourth-order valence-corrected chi connectivity index (χ4v) is 4.33. The van der Waals surface area contributed by atoms with E-state index in [-0.39, 0.29) is 11.8 Å². The van der Waals surface area contributed by atoms with E-state index in [9.17, 15) is 9.59 Å². The zero-order valence-electron chi connectivity index (χ0n) is 18.5. The minimum atomic E-state index is -0.355. The number of para-hydroxylation sites is 1. The molecule has 31 heavy (non-hydrogen) atoms. The van der Waals surface area contributed by atoms with Gasteiger partial charge in [0.15, 0.2) is 0 Å². The van der Waals surface area contributed by atoms with Crippen molar-refractivity contribution in [2.24, 2.45) is 5.92 Å². The van der Waals surface area contributed by atoms with E-state index in [0.717, 1.165) is 31.5 Å². The molecule has 2 aliphatic rings. The number of nitrogens with zero attached hydrogens (tertiary/aromatic N) is 2. The number of piperidine rings is 1. The van der Waals surface area contributed by atoms with Crippen LogP contribution in [0.5, 0.6) is 11.5 Å². The number of amides is 2. The summed E-state index contributed by atoms with van der Waals surface area (Å²) in [6.45, 7) is 5.63. The molecule has 0 unspecified atom stereocenters. The molecule has 1 saturated heterocycles. The Morgan fingerprint density at radius 1 is 0.903 bits per heavy atom. The summed E-state index contributed by atoms with van der Waals surface area (Å²) < 4.78 is 11.0. The SMILES string of the molecule is COc1ccccc1C1=C(N2CCC(C)CC2)C(=O)N(c2cc(C)ccc2OC)C1=O. The molecule has 6 nitrogen and oxygen atoms in total. The van der Waals surface area contributed by atoms with Crippen LogP contribution in [0.2, 0.25) is 0 Å². The predicted octanol–water partition coefficient (Wildman–Crippen LogP) is 4.03. The Morgan fingerprint density at radius 3 is 2.26 bits per heavy atom. The lowest BCUT2D eigenvalue weighted by Crippen LogP contribution is -2.38. The van der Waals surface area contributed by atoms with Crippen LogP contribution < -0.4 is 14.4 Å². The standard InChI is InChI=1S/C25H28N2O4/c1-16-11-13-26(14-12-16)23-22(18-7-5-6-8-20(18)30-3)24(28)27(25(23)29)19-15-17(2)9-10-21(19)31-4/h5-10,15-16H,11-14H2,1-4H3. The molecule has 0 aromatic heterocycles. The third-order valence-corrected chi connectivity index (χ3v) is 6.11. The molecule has 0 saturated carbocycles. The van der Waals surface area contributed by atoms with E-state index in [4.69, 9.17) is 9.47 Å². The topological polar surface area (TPSA) is 59.1 Å². The first-order valence-corrected chi connectivity index (χ1v) is 10.6. The van der Waals surface area contributed by atoms with Gasteiger partial charge < -0.3 is 14.4 Å². The highest BCUT2D eigenvalue weighted by Gasteiger charge is 2.44. The molecule has 0 bridgehead atoms. The number of aryl methyl sites for hydroxylation is 1. The fraction of sp³-hybridized carbons (Fsp3) is 0.360. The average molecular weight is 421 g/mol. The minimum absolute atomic E-state index is 0.315. The number of hydrogen-bond acceptors (Lipinski definition) is 5. The number of carbonyl (C=O) groups is 2. The van der Waals surface area contributed by atoms with E-state index < -0.39 is 0 Å². The van der Waals surface area contributed by atoms with Gasteiger partial charge >= 0.3 is 0 Å². The summed E-state index contributed by atoms with van der Waals surface area (Å²) in [5.74, 6) is 0.989. The van der Waals surface area contributed by atoms with E-state index in [0.29, 0.717) is 39.9 Å². The number of hydrogen-bond donors (Lipinski definition) is 0. The number of anilines is 1. The largest absolute Gasteiger partial charge is 0.496 e. The van der Waals surface area contributed by atoms with Crippen LogP contribution in [0.1, 0.15) is 30.9 Å². The van der Waals surface area contributed by atoms with Gasteiger partial charge in [-0.3, -0.25) is 9.59 Å². The van der Waals surface area contributed by atoms with Gasteiger partial charge in [-0.1, -0.05) is 31.2 Å². The molecular formula is C25H28N2O4. The minimum Gasteiger partial charge on any atom is -0.496 e. The van der Waals surface area contributed by atoms with E-state index >= 15 is 0 Å². The van der Waals surface area contributed by atoms with Crippen LogP contribution in [0.15, 0.2) is 48.2 Å². The predicted molar refractivity (Wildman–Crippen MR) is 120 cm³/mol. The van der Waals surface area contributed by atoms with Crippen molar-refractivity contribution in [3.8, 4) is 11.5 Å². The molecule has 2 amide bonds. The van der Waals surface area contributed by atoms with Crippen LogP contribution in [0, 0.1) is 12.8 Å². The number of imide groups is 1. The van der Waals surface area contributed by atoms with Crippen molar-refractivity contribution in [1.29, 1.82) is 0 Å². The van der Waals surface area contributed by atoms with E-state index in [1.807, 2.05) is 43.3 Å². The molecule has 0 spiro atoms. The molecule has 2 aromatic rings. The van der Waals surface area contributed by atoms with E-state index in [1.54, 1.807) is 20.3 Å². The Labute approximate surface area is 183 Å². The summed E-state index contributed by atoms with van der Waals surface area (Å²) in [7, 11) is 3.12. The second-order valence-electron chi connectivity index (χ2n) is 8.21. The molecule has 0 radical (unpaired) electrons. The molecule has 162 valence electrons. The summed E-state index contributed by atoms with van der Waals surface area (Å²) in [6, 6.07) is 12.9. The summed E-state index contributed by atoms with van der Waals surface area (Å²) in [4.78, 5) is 30.9. The molecule has 0 aliphatic carbocycles. The maximum Gasteiger partial charge on any atom is 0.282 e. The third kappa shape index (κ3) is 3.67. The first-order valence-electron chi connectivity index (χ1n) is 10.6. The van der Waals surface area contributed by atoms with E-state index in [2.05, 4.69) is 11.8 Å². The molecule has 0 atom stereocenters. The second kappa shape index (κ2) is 8.46. The Bertz CT molecular complexity index is 1050. The highest BCUT2D eigenvalue weighted by molar-refractivity contribution is 6.46. The van der Waals surface area contributed by atoms with Crippen molar-refractivity contribution in [3.05, 3.63) is 59.3 Å². The quantitative estimate of drug-likeness (QED) is 0.684. The van der Waals surface area contributed by atoms with Gasteiger partial charge in [-0.05, 0) is 49.4 Å². The van der Waals surface area contributed by atoms with Crippen LogP contribution in [-0.2, 0) is 9.59 Å². The van der Waals surface area contributed by atoms with Crippen molar-refractivity contribution >= 4 is 23.1 Å². The number of rotatable bonds is 5. The Balaban J connectivity index is 1.88. The number of likely N-dealkylation sites (tertiary alicyclic amines) is 1. The van der Waals surface area contributed by atoms with Gasteiger partial charge in [0.1, 0.15) is 17.2 Å². The highest BCUT2D eigenvalue weighted by Crippen LogP contribution is 2.41. The molecule has 0 N–H and O–H groups in total. The molecule has 4 rings (SSSR count). The van der Waals surface area contributed by atoms with Gasteiger partial charge in [0, 0.05) is 18.7 Å². The monoisotopic (exact) mass is 420 g/mol. The normalized spacial score (nSPS) is 17.5. The van der Waals surface area contributed by atoms with Crippen molar-refractivity contribution in [2.75, 3.05) is 32.2 Å². The molecule has 1 fully saturated rings. The molecule has 6 heteroatoms. The molecule has 2 aliphatic heterocycles. The van der Waals surface area contributed by atoms with Crippen LogP contribution in [0.25, 0.3) is 5.57 Å². The van der Waals surface area contributed by atoms with Crippen molar-refractivity contribution in [2.45, 2.75) is 26.7 Å². The lowest BCUT2D eigenvalue weighted by Gasteiger charge is -2.32. The number of benzene rings is 2. The maximum atomic E-state index is 13.8. The first-order chi connectivity index (χ1) is 15.0. The first kappa shape index (κ1) is 21.0. The third-order valence-electron chi connectivity index (χ3n) is 6.11. The summed E-state index contributed by atoms with van der Waals surface area (Å²) in [6.07, 6.45) is 1.97. The van der Waals surface area contributed by atoms with Crippen LogP contribution in [0.3, 0.4) is 0 Å². The summed E-state index contributed by atoms with van der Waals surface area (Å²) >= 11 is 0. The lowest BCUT2D eigenvalue weighted by atomic mass is 9.97. The number of methoxy groups -OCH3 is 2. The van der Waals surface area contributed by atoms with Crippen LogP contribution >= 0.6 is 0 Å². The van der Waals surface area contributed by atoms with Gasteiger partial charge in [-0.2, -0.15) is 0 Å². The van der Waals surface area contributed by atoms with Crippen molar-refractivity contribution < 1.29 is 19.1 Å². The Kier molecular flexibility index (Phi) is 5.72. The van der Waals surface area contributed by atoms with Gasteiger partial charge in [0.25, 0.3) is 11.8 Å². The smallest absolute Gasteiger partial charge is 0.282 e. The van der Waals surface area contributed by atoms with Crippen molar-refractivity contribution in [3.63, 3.8) is 0 Å². The van der Waals surface area contributed by atoms with Gasteiger partial charge in [0.05, 0.1) is 25.5 Å². The van der Waals surface area contributed by atoms with E-state index in [1.165, 1.54) is 4.90 Å². The van der Waals surface area contributed by atoms with Gasteiger partial charge in [-0.15, -0.1) is 0 Å². The number of carbonyl (C=O) groups excluding carboxylic acids is 2. The Morgan fingerprint density at radius 2 is 1.58 bits per heavy atom. The second-order valence-corrected chi connectivity index (χ2v) is 8.21. The Hall–Kier alpha value is -3.28. The molecular weight excluding hydrogens is 392 g/mol. The zero-order chi connectivity index (χ0) is 22.1. The summed E-state index contributed by atoms with van der Waals surface area (Å²) in [5, 5.41) is 0. The lowest BCUT2D eigenvalue weighted by molar-refractivity contribution is -0.120. The van der Waals surface area contributed by atoms with Crippen molar-refractivity contribution in [1.82, 2.24) is 4.90 Å². The van der Waals surface area contributed by atoms with Gasteiger partial charge in [0.2, 0.25) is 0 Å². The fourth-order valence-electron chi connectivity index (χ4n) is 4.33. The van der Waals surface area contributed by atoms with Gasteiger partial charge in [-0.25, -0.2) is 4.90 Å². The summed E-state index contributed by atoms with van der Waals surface area (Å²) in [5.41, 5.74) is 2.87. The maximum absolute atomic E-state index is 13.8. The average Bonchev–Trinajstić information content (AvgIpc) is 3.04.